The van der Waals surface area contributed by atoms with Gasteiger partial charge in [-0.25, -0.2) is 0 Å². The van der Waals surface area contributed by atoms with Crippen molar-refractivity contribution in [2.45, 2.75) is 45.1 Å². The van der Waals surface area contributed by atoms with Gasteiger partial charge in [0.05, 0.1) is 0 Å². The second-order valence-electron chi connectivity index (χ2n) is 8.73. The fourth-order valence-electron chi connectivity index (χ4n) is 4.65. The van der Waals surface area contributed by atoms with E-state index < -0.39 is 0 Å². The maximum absolute atomic E-state index is 4.89. The Morgan fingerprint density at radius 2 is 1.19 bits per heavy atom. The largest absolute Gasteiger partial charge is 0.350 e. The summed E-state index contributed by atoms with van der Waals surface area (Å²) < 4.78 is 0. The molecule has 3 aromatic rings. The molecular weight excluding hydrogens is 396 g/mol. The molecule has 166 valence electrons. The van der Waals surface area contributed by atoms with E-state index in [1.807, 2.05) is 0 Å². The summed E-state index contributed by atoms with van der Waals surface area (Å²) in [4.78, 5) is 19.2. The van der Waals surface area contributed by atoms with E-state index in [2.05, 4.69) is 69.7 Å². The zero-order valence-electron chi connectivity index (χ0n) is 18.7. The molecule has 0 saturated carbocycles. The Bertz CT molecular complexity index is 974. The van der Waals surface area contributed by atoms with Crippen LogP contribution in [0.4, 0.5) is 17.8 Å². The van der Waals surface area contributed by atoms with E-state index in [1.165, 1.54) is 55.2 Å². The van der Waals surface area contributed by atoms with Gasteiger partial charge in [0.15, 0.2) is 0 Å². The van der Waals surface area contributed by atoms with E-state index in [4.69, 9.17) is 15.0 Å². The third-order valence-corrected chi connectivity index (χ3v) is 6.43. The van der Waals surface area contributed by atoms with Crippen LogP contribution in [0.25, 0.3) is 11.1 Å². The van der Waals surface area contributed by atoms with Crippen LogP contribution in [0.5, 0.6) is 0 Å². The molecule has 0 aliphatic carbocycles. The molecule has 2 fully saturated rings. The maximum Gasteiger partial charge on any atom is 0.231 e. The Balaban J connectivity index is 1.41. The fraction of sp³-hybridized carbons (Fsp3) is 0.423. The first-order valence-electron chi connectivity index (χ1n) is 12.0. The SMILES string of the molecule is c1ccc(-c2ccccc2CNc2nc(N3CCCCC3)nc(N3CCCCC3)n2)cc1. The molecule has 0 radical (unpaired) electrons. The lowest BCUT2D eigenvalue weighted by molar-refractivity contribution is 0.556. The molecule has 0 spiro atoms. The molecule has 2 aliphatic heterocycles. The molecule has 2 saturated heterocycles. The second-order valence-corrected chi connectivity index (χ2v) is 8.73. The molecule has 1 aromatic heterocycles. The molecule has 6 nitrogen and oxygen atoms in total. The predicted molar refractivity (Wildman–Crippen MR) is 131 cm³/mol. The highest BCUT2D eigenvalue weighted by atomic mass is 15.4. The van der Waals surface area contributed by atoms with Gasteiger partial charge in [0.25, 0.3) is 0 Å². The highest BCUT2D eigenvalue weighted by Crippen LogP contribution is 2.26. The quantitative estimate of drug-likeness (QED) is 0.587. The van der Waals surface area contributed by atoms with E-state index >= 15 is 0 Å². The van der Waals surface area contributed by atoms with Gasteiger partial charge in [-0.3, -0.25) is 0 Å². The van der Waals surface area contributed by atoms with Gasteiger partial charge < -0.3 is 15.1 Å². The summed E-state index contributed by atoms with van der Waals surface area (Å²) in [5, 5.41) is 3.51. The number of aromatic nitrogens is 3. The molecule has 1 N–H and O–H groups in total. The van der Waals surface area contributed by atoms with Crippen molar-refractivity contribution in [3.05, 3.63) is 60.2 Å². The molecule has 2 aliphatic rings. The van der Waals surface area contributed by atoms with Crippen LogP contribution in [0.3, 0.4) is 0 Å². The van der Waals surface area contributed by atoms with Crippen molar-refractivity contribution < 1.29 is 0 Å². The number of piperidine rings is 2. The van der Waals surface area contributed by atoms with Crippen LogP contribution in [0.15, 0.2) is 54.6 Å². The third kappa shape index (κ3) is 4.85. The van der Waals surface area contributed by atoms with Crippen LogP contribution in [-0.4, -0.2) is 41.1 Å². The van der Waals surface area contributed by atoms with Crippen LogP contribution in [0.2, 0.25) is 0 Å². The van der Waals surface area contributed by atoms with Gasteiger partial charge >= 0.3 is 0 Å². The van der Waals surface area contributed by atoms with Crippen molar-refractivity contribution in [2.75, 3.05) is 41.3 Å². The van der Waals surface area contributed by atoms with E-state index in [9.17, 15) is 0 Å². The average Bonchev–Trinajstić information content (AvgIpc) is 2.89. The van der Waals surface area contributed by atoms with Crippen LogP contribution in [0, 0.1) is 0 Å². The van der Waals surface area contributed by atoms with Gasteiger partial charge in [-0.15, -0.1) is 0 Å². The minimum Gasteiger partial charge on any atom is -0.350 e. The third-order valence-electron chi connectivity index (χ3n) is 6.43. The first kappa shape index (κ1) is 20.7. The molecule has 0 amide bonds. The van der Waals surface area contributed by atoms with Crippen molar-refractivity contribution in [2.24, 2.45) is 0 Å². The number of nitrogens with zero attached hydrogens (tertiary/aromatic N) is 5. The minimum atomic E-state index is 0.670. The Morgan fingerprint density at radius 3 is 1.81 bits per heavy atom. The number of hydrogen-bond acceptors (Lipinski definition) is 6. The summed E-state index contributed by atoms with van der Waals surface area (Å²) in [5.74, 6) is 2.31. The minimum absolute atomic E-state index is 0.670. The number of rotatable bonds is 6. The number of hydrogen-bond donors (Lipinski definition) is 1. The molecule has 3 heterocycles. The molecule has 6 heteroatoms. The summed E-state index contributed by atoms with van der Waals surface area (Å²) in [5.41, 5.74) is 3.70. The fourth-order valence-corrected chi connectivity index (χ4v) is 4.65. The summed E-state index contributed by atoms with van der Waals surface area (Å²) in [6.45, 7) is 4.78. The van der Waals surface area contributed by atoms with Crippen molar-refractivity contribution in [1.29, 1.82) is 0 Å². The zero-order chi connectivity index (χ0) is 21.6. The smallest absolute Gasteiger partial charge is 0.231 e. The van der Waals surface area contributed by atoms with Crippen molar-refractivity contribution in [1.82, 2.24) is 15.0 Å². The standard InChI is InChI=1S/C26H32N6/c1-4-12-21(13-5-1)23-15-7-6-14-22(23)20-27-24-28-25(31-16-8-2-9-17-31)30-26(29-24)32-18-10-3-11-19-32/h1,4-7,12-15H,2-3,8-11,16-20H2,(H,27,28,29,30). The number of benzene rings is 2. The van der Waals surface area contributed by atoms with Gasteiger partial charge in [0.2, 0.25) is 17.8 Å². The Kier molecular flexibility index (Phi) is 6.47. The van der Waals surface area contributed by atoms with Crippen molar-refractivity contribution in [3.8, 4) is 11.1 Å². The van der Waals surface area contributed by atoms with Crippen LogP contribution < -0.4 is 15.1 Å². The summed E-state index contributed by atoms with van der Waals surface area (Å²) in [6.07, 6.45) is 7.41. The normalized spacial score (nSPS) is 16.8. The summed E-state index contributed by atoms with van der Waals surface area (Å²) in [6, 6.07) is 19.1. The molecule has 2 aromatic carbocycles. The Labute approximate surface area is 190 Å². The predicted octanol–water partition coefficient (Wildman–Crippen LogP) is 5.13. The monoisotopic (exact) mass is 428 g/mol. The van der Waals surface area contributed by atoms with E-state index in [0.717, 1.165) is 38.1 Å². The highest BCUT2D eigenvalue weighted by molar-refractivity contribution is 5.67. The lowest BCUT2D eigenvalue weighted by atomic mass is 10.00. The molecule has 0 bridgehead atoms. The van der Waals surface area contributed by atoms with Gasteiger partial charge in [-0.05, 0) is 55.2 Å². The van der Waals surface area contributed by atoms with E-state index in [1.54, 1.807) is 0 Å². The van der Waals surface area contributed by atoms with Crippen molar-refractivity contribution >= 4 is 17.8 Å². The molecule has 5 rings (SSSR count). The Hall–Kier alpha value is -3.15. The van der Waals surface area contributed by atoms with Gasteiger partial charge in [-0.2, -0.15) is 15.0 Å². The average molecular weight is 429 g/mol. The highest BCUT2D eigenvalue weighted by Gasteiger charge is 2.20. The molecular formula is C26H32N6. The zero-order valence-corrected chi connectivity index (χ0v) is 18.7. The maximum atomic E-state index is 4.89. The number of anilines is 3. The number of nitrogens with one attached hydrogen (secondary N) is 1. The lowest BCUT2D eigenvalue weighted by Crippen LogP contribution is -2.34. The van der Waals surface area contributed by atoms with Gasteiger partial charge in [0.1, 0.15) is 0 Å². The van der Waals surface area contributed by atoms with Gasteiger partial charge in [0, 0.05) is 32.7 Å². The van der Waals surface area contributed by atoms with E-state index in [0.29, 0.717) is 12.5 Å². The first-order valence-corrected chi connectivity index (χ1v) is 12.0. The molecule has 0 unspecified atom stereocenters. The van der Waals surface area contributed by atoms with Gasteiger partial charge in [-0.1, -0.05) is 54.6 Å². The molecule has 32 heavy (non-hydrogen) atoms. The Morgan fingerprint density at radius 1 is 0.625 bits per heavy atom. The van der Waals surface area contributed by atoms with Crippen LogP contribution >= 0.6 is 0 Å². The van der Waals surface area contributed by atoms with Crippen LogP contribution in [-0.2, 0) is 6.54 Å². The van der Waals surface area contributed by atoms with E-state index in [-0.39, 0.29) is 0 Å². The topological polar surface area (TPSA) is 57.2 Å². The van der Waals surface area contributed by atoms with Crippen molar-refractivity contribution in [3.63, 3.8) is 0 Å². The lowest BCUT2D eigenvalue weighted by Gasteiger charge is -2.30. The molecule has 0 atom stereocenters. The summed E-state index contributed by atoms with van der Waals surface area (Å²) >= 11 is 0. The van der Waals surface area contributed by atoms with Crippen LogP contribution in [0.1, 0.15) is 44.1 Å². The first-order chi connectivity index (χ1) is 15.9. The summed E-state index contributed by atoms with van der Waals surface area (Å²) in [7, 11) is 0. The second kappa shape index (κ2) is 9.98.